The van der Waals surface area contributed by atoms with Gasteiger partial charge in [-0.1, -0.05) is 18.2 Å². The monoisotopic (exact) mass is 269 g/mol. The zero-order chi connectivity index (χ0) is 14.1. The van der Waals surface area contributed by atoms with Gasteiger partial charge in [-0.05, 0) is 36.2 Å². The lowest BCUT2D eigenvalue weighted by Crippen LogP contribution is -2.24. The van der Waals surface area contributed by atoms with Crippen molar-refractivity contribution in [2.45, 2.75) is 19.4 Å². The zero-order valence-corrected chi connectivity index (χ0v) is 11.6. The molecule has 0 atom stereocenters. The van der Waals surface area contributed by atoms with Crippen molar-refractivity contribution in [1.29, 1.82) is 0 Å². The van der Waals surface area contributed by atoms with E-state index in [1.54, 1.807) is 0 Å². The maximum Gasteiger partial charge on any atom is 0.183 e. The lowest BCUT2D eigenvalue weighted by molar-refractivity contribution is 0.0985. The second-order valence-corrected chi connectivity index (χ2v) is 5.29. The van der Waals surface area contributed by atoms with Crippen molar-refractivity contribution in [3.63, 3.8) is 0 Å². The number of Topliss-reactive ketones (excluding diaryl/α,β-unsaturated/α-hetero) is 1. The van der Waals surface area contributed by atoms with Gasteiger partial charge in [-0.3, -0.25) is 4.79 Å². The van der Waals surface area contributed by atoms with Crippen LogP contribution in [0.15, 0.2) is 30.3 Å². The number of ketones is 1. The molecule has 2 aromatic rings. The zero-order valence-electron chi connectivity index (χ0n) is 11.6. The number of hydrogen-bond donors (Lipinski definition) is 2. The number of anilines is 1. The third-order valence-corrected chi connectivity index (χ3v) is 4.00. The van der Waals surface area contributed by atoms with Crippen molar-refractivity contribution < 1.29 is 4.79 Å². The molecule has 3 N–H and O–H groups in total. The van der Waals surface area contributed by atoms with Gasteiger partial charge >= 0.3 is 0 Å². The lowest BCUT2D eigenvalue weighted by Gasteiger charge is -2.14. The van der Waals surface area contributed by atoms with Gasteiger partial charge in [0, 0.05) is 31.4 Å². The minimum atomic E-state index is 0.125. The van der Waals surface area contributed by atoms with Crippen LogP contribution in [-0.2, 0) is 26.4 Å². The number of para-hydroxylation sites is 1. The second kappa shape index (κ2) is 5.13. The van der Waals surface area contributed by atoms with Crippen LogP contribution in [0.4, 0.5) is 5.69 Å². The number of nitrogen functional groups attached to an aromatic ring is 1. The summed E-state index contributed by atoms with van der Waals surface area (Å²) >= 11 is 0. The number of benzene rings is 1. The first kappa shape index (κ1) is 12.9. The van der Waals surface area contributed by atoms with E-state index in [1.807, 2.05) is 41.9 Å². The van der Waals surface area contributed by atoms with Crippen LogP contribution >= 0.6 is 0 Å². The predicted molar refractivity (Wildman–Crippen MR) is 79.7 cm³/mol. The van der Waals surface area contributed by atoms with Gasteiger partial charge in [-0.25, -0.2) is 0 Å². The van der Waals surface area contributed by atoms with E-state index >= 15 is 0 Å². The van der Waals surface area contributed by atoms with Crippen LogP contribution in [-0.4, -0.2) is 16.9 Å². The van der Waals surface area contributed by atoms with Crippen molar-refractivity contribution in [2.75, 3.05) is 12.3 Å². The van der Waals surface area contributed by atoms with Crippen LogP contribution < -0.4 is 11.1 Å². The third-order valence-electron chi connectivity index (χ3n) is 4.00. The Bertz CT molecular complexity index is 658. The molecule has 0 radical (unpaired) electrons. The van der Waals surface area contributed by atoms with Crippen LogP contribution in [0.25, 0.3) is 0 Å². The van der Waals surface area contributed by atoms with Gasteiger partial charge in [0.05, 0.1) is 5.69 Å². The largest absolute Gasteiger partial charge is 0.398 e. The van der Waals surface area contributed by atoms with E-state index in [1.165, 1.54) is 11.3 Å². The summed E-state index contributed by atoms with van der Waals surface area (Å²) in [4.78, 5) is 12.5. The average molecular weight is 269 g/mol. The Hall–Kier alpha value is -2.07. The molecular formula is C16H19N3O. The standard InChI is InChI=1S/C16H19N3O/c1-19-14(8-12-6-7-18-10-15(12)19)16(20)9-11-4-2-3-5-13(11)17/h2-5,8,18H,6-7,9-10,17H2,1H3. The fourth-order valence-electron chi connectivity index (χ4n) is 2.81. The Balaban J connectivity index is 1.88. The molecule has 20 heavy (non-hydrogen) atoms. The summed E-state index contributed by atoms with van der Waals surface area (Å²) in [5.74, 6) is 0.125. The number of hydrogen-bond acceptors (Lipinski definition) is 3. The van der Waals surface area contributed by atoms with Gasteiger partial charge in [0.1, 0.15) is 0 Å². The summed E-state index contributed by atoms with van der Waals surface area (Å²) in [6, 6.07) is 9.59. The number of nitrogens with one attached hydrogen (secondary N) is 1. The van der Waals surface area contributed by atoms with Crippen LogP contribution in [0.3, 0.4) is 0 Å². The predicted octanol–water partition coefficient (Wildman–Crippen LogP) is 1.68. The molecule has 0 unspecified atom stereocenters. The highest BCUT2D eigenvalue weighted by atomic mass is 16.1. The molecular weight excluding hydrogens is 250 g/mol. The molecule has 1 aromatic heterocycles. The van der Waals surface area contributed by atoms with Gasteiger partial charge in [0.25, 0.3) is 0 Å². The molecule has 0 spiro atoms. The van der Waals surface area contributed by atoms with Crippen molar-refractivity contribution >= 4 is 11.5 Å². The first-order chi connectivity index (χ1) is 9.66. The summed E-state index contributed by atoms with van der Waals surface area (Å²) in [7, 11) is 1.97. The normalized spacial score (nSPS) is 14.1. The van der Waals surface area contributed by atoms with Gasteiger partial charge in [-0.2, -0.15) is 0 Å². The number of rotatable bonds is 3. The minimum absolute atomic E-state index is 0.125. The van der Waals surface area contributed by atoms with E-state index in [0.717, 1.165) is 30.8 Å². The van der Waals surface area contributed by atoms with Gasteiger partial charge in [-0.15, -0.1) is 0 Å². The summed E-state index contributed by atoms with van der Waals surface area (Å²) < 4.78 is 2.02. The summed E-state index contributed by atoms with van der Waals surface area (Å²) in [5, 5.41) is 3.34. The molecule has 0 aliphatic carbocycles. The van der Waals surface area contributed by atoms with Crippen LogP contribution in [0.5, 0.6) is 0 Å². The van der Waals surface area contributed by atoms with E-state index in [9.17, 15) is 4.79 Å². The Morgan fingerprint density at radius 3 is 2.95 bits per heavy atom. The smallest absolute Gasteiger partial charge is 0.183 e. The Kier molecular flexibility index (Phi) is 3.32. The lowest BCUT2D eigenvalue weighted by atomic mass is 10.0. The van der Waals surface area contributed by atoms with E-state index in [0.29, 0.717) is 12.1 Å². The minimum Gasteiger partial charge on any atom is -0.398 e. The molecule has 3 rings (SSSR count). The quantitative estimate of drug-likeness (QED) is 0.658. The van der Waals surface area contributed by atoms with Gasteiger partial charge < -0.3 is 15.6 Å². The summed E-state index contributed by atoms with van der Waals surface area (Å²) in [6.07, 6.45) is 1.35. The average Bonchev–Trinajstić information content (AvgIpc) is 2.79. The number of nitrogens with zero attached hydrogens (tertiary/aromatic N) is 1. The van der Waals surface area contributed by atoms with Crippen molar-refractivity contribution in [2.24, 2.45) is 7.05 Å². The van der Waals surface area contributed by atoms with Crippen molar-refractivity contribution in [3.8, 4) is 0 Å². The number of carbonyl (C=O) groups is 1. The number of carbonyl (C=O) groups excluding carboxylic acids is 1. The highest BCUT2D eigenvalue weighted by Crippen LogP contribution is 2.21. The SMILES string of the molecule is Cn1c(C(=O)Cc2ccccc2N)cc2c1CNCC2. The number of fused-ring (bicyclic) bond motifs is 1. The Labute approximate surface area is 118 Å². The van der Waals surface area contributed by atoms with Crippen LogP contribution in [0.2, 0.25) is 0 Å². The summed E-state index contributed by atoms with van der Waals surface area (Å²) in [6.45, 7) is 1.82. The Morgan fingerprint density at radius 2 is 2.20 bits per heavy atom. The third kappa shape index (κ3) is 2.23. The molecule has 1 aliphatic heterocycles. The molecule has 0 saturated heterocycles. The highest BCUT2D eigenvalue weighted by molar-refractivity contribution is 5.97. The molecule has 0 fully saturated rings. The van der Waals surface area contributed by atoms with Gasteiger partial charge in [0.2, 0.25) is 0 Å². The fourth-order valence-corrected chi connectivity index (χ4v) is 2.81. The summed E-state index contributed by atoms with van der Waals surface area (Å²) in [5.41, 5.74) is 10.8. The molecule has 0 amide bonds. The van der Waals surface area contributed by atoms with Crippen LogP contribution in [0, 0.1) is 0 Å². The van der Waals surface area contributed by atoms with Crippen molar-refractivity contribution in [3.05, 3.63) is 52.8 Å². The number of nitrogens with two attached hydrogens (primary N) is 1. The van der Waals surface area contributed by atoms with Crippen molar-refractivity contribution in [1.82, 2.24) is 9.88 Å². The molecule has 4 nitrogen and oxygen atoms in total. The molecule has 2 heterocycles. The highest BCUT2D eigenvalue weighted by Gasteiger charge is 2.20. The first-order valence-electron chi connectivity index (χ1n) is 6.91. The second-order valence-electron chi connectivity index (χ2n) is 5.29. The van der Waals surface area contributed by atoms with E-state index in [4.69, 9.17) is 5.73 Å². The topological polar surface area (TPSA) is 60.0 Å². The first-order valence-corrected chi connectivity index (χ1v) is 6.91. The molecule has 0 bridgehead atoms. The van der Waals surface area contributed by atoms with Gasteiger partial charge in [0.15, 0.2) is 5.78 Å². The van der Waals surface area contributed by atoms with E-state index in [-0.39, 0.29) is 5.78 Å². The van der Waals surface area contributed by atoms with Crippen LogP contribution in [0.1, 0.15) is 27.3 Å². The molecule has 4 heteroatoms. The number of aromatic nitrogens is 1. The fraction of sp³-hybridized carbons (Fsp3) is 0.312. The maximum absolute atomic E-state index is 12.5. The molecule has 0 saturated carbocycles. The molecule has 1 aromatic carbocycles. The maximum atomic E-state index is 12.5. The molecule has 104 valence electrons. The van der Waals surface area contributed by atoms with E-state index < -0.39 is 0 Å². The van der Waals surface area contributed by atoms with E-state index in [2.05, 4.69) is 5.32 Å². The molecule has 1 aliphatic rings. The Morgan fingerprint density at radius 1 is 1.40 bits per heavy atom.